The van der Waals surface area contributed by atoms with Crippen LogP contribution in [0.15, 0.2) is 66.7 Å². The highest BCUT2D eigenvalue weighted by molar-refractivity contribution is 7.18. The Morgan fingerprint density at radius 1 is 1.00 bits per heavy atom. The summed E-state index contributed by atoms with van der Waals surface area (Å²) >= 11 is 7.43. The Morgan fingerprint density at radius 3 is 2.43 bits per heavy atom. The van der Waals surface area contributed by atoms with Crippen LogP contribution in [0.5, 0.6) is 0 Å². The summed E-state index contributed by atoms with van der Waals surface area (Å²) in [6, 6.07) is 17.3. The van der Waals surface area contributed by atoms with Crippen molar-refractivity contribution < 1.29 is 23.1 Å². The molecule has 0 aliphatic carbocycles. The zero-order valence-corrected chi connectivity index (χ0v) is 16.6. The van der Waals surface area contributed by atoms with E-state index < -0.39 is 17.8 Å². The topological polar surface area (TPSA) is 55.1 Å². The van der Waals surface area contributed by atoms with Gasteiger partial charge >= 0.3 is 12.1 Å². The number of rotatable bonds is 4. The maximum Gasteiger partial charge on any atom is 0.435 e. The Balaban J connectivity index is 1.83. The predicted octanol–water partition coefficient (Wildman–Crippen LogP) is 6.64. The Morgan fingerprint density at radius 2 is 1.73 bits per heavy atom. The van der Waals surface area contributed by atoms with Crippen LogP contribution < -0.4 is 0 Å². The summed E-state index contributed by atoms with van der Waals surface area (Å²) in [6.45, 7) is 0. The molecule has 2 heterocycles. The third-order valence-electron chi connectivity index (χ3n) is 4.33. The number of halogens is 4. The molecule has 0 aliphatic rings. The largest absolute Gasteiger partial charge is 0.478 e. The summed E-state index contributed by atoms with van der Waals surface area (Å²) in [7, 11) is 0. The first kappa shape index (κ1) is 20.2. The fourth-order valence-electron chi connectivity index (χ4n) is 2.94. The molecule has 2 aromatic carbocycles. The van der Waals surface area contributed by atoms with E-state index in [0.29, 0.717) is 21.0 Å². The zero-order chi connectivity index (χ0) is 21.5. The summed E-state index contributed by atoms with van der Waals surface area (Å²) in [5.74, 6) is -1.06. The molecule has 0 saturated heterocycles. The van der Waals surface area contributed by atoms with Crippen LogP contribution in [0.1, 0.15) is 16.1 Å². The molecule has 0 radical (unpaired) electrons. The number of carboxylic acids is 1. The molecular weight excluding hydrogens is 437 g/mol. The molecule has 0 fully saturated rings. The molecule has 0 bridgehead atoms. The van der Waals surface area contributed by atoms with Crippen molar-refractivity contribution in [1.82, 2.24) is 9.78 Å². The van der Waals surface area contributed by atoms with Crippen LogP contribution in [0.2, 0.25) is 5.02 Å². The van der Waals surface area contributed by atoms with E-state index in [1.54, 1.807) is 48.5 Å². The van der Waals surface area contributed by atoms with Crippen LogP contribution >= 0.6 is 22.9 Å². The summed E-state index contributed by atoms with van der Waals surface area (Å²) in [6.07, 6.45) is -4.61. The van der Waals surface area contributed by atoms with E-state index in [0.717, 1.165) is 6.07 Å². The predicted molar refractivity (Wildman–Crippen MR) is 109 cm³/mol. The summed E-state index contributed by atoms with van der Waals surface area (Å²) in [5, 5.41) is 13.2. The lowest BCUT2D eigenvalue weighted by atomic mass is 10.1. The maximum absolute atomic E-state index is 13.3. The van der Waals surface area contributed by atoms with E-state index in [-0.39, 0.29) is 16.3 Å². The fourth-order valence-corrected chi connectivity index (χ4v) is 4.16. The van der Waals surface area contributed by atoms with Gasteiger partial charge in [0.15, 0.2) is 5.69 Å². The van der Waals surface area contributed by atoms with Gasteiger partial charge < -0.3 is 5.11 Å². The van der Waals surface area contributed by atoms with Gasteiger partial charge in [0.25, 0.3) is 0 Å². The van der Waals surface area contributed by atoms with Gasteiger partial charge in [-0.3, -0.25) is 0 Å². The third-order valence-corrected chi connectivity index (χ3v) is 5.81. The van der Waals surface area contributed by atoms with Crippen LogP contribution in [0.3, 0.4) is 0 Å². The van der Waals surface area contributed by atoms with E-state index in [2.05, 4.69) is 5.10 Å². The molecule has 0 unspecified atom stereocenters. The summed E-state index contributed by atoms with van der Waals surface area (Å²) in [4.78, 5) is 12.5. The van der Waals surface area contributed by atoms with Crippen LogP contribution in [0.25, 0.3) is 26.7 Å². The van der Waals surface area contributed by atoms with E-state index in [1.807, 2.05) is 0 Å². The number of nitrogens with zero attached hydrogens (tertiary/aromatic N) is 2. The smallest absolute Gasteiger partial charge is 0.435 e. The fraction of sp³-hybridized carbons (Fsp3) is 0.0476. The van der Waals surface area contributed by atoms with Gasteiger partial charge in [-0.2, -0.15) is 18.3 Å². The number of aromatic carboxylic acids is 1. The lowest BCUT2D eigenvalue weighted by Crippen LogP contribution is -2.07. The second kappa shape index (κ2) is 7.62. The van der Waals surface area contributed by atoms with Crippen LogP contribution in [0.4, 0.5) is 13.2 Å². The van der Waals surface area contributed by atoms with Gasteiger partial charge in [-0.25, -0.2) is 9.48 Å². The van der Waals surface area contributed by atoms with Gasteiger partial charge in [0.2, 0.25) is 0 Å². The van der Waals surface area contributed by atoms with Crippen molar-refractivity contribution in [2.45, 2.75) is 6.18 Å². The molecule has 4 aromatic rings. The molecule has 152 valence electrons. The maximum atomic E-state index is 13.3. The highest BCUT2D eigenvalue weighted by Gasteiger charge is 2.35. The first-order valence-corrected chi connectivity index (χ1v) is 9.79. The Kier molecular flexibility index (Phi) is 5.13. The first-order valence-electron chi connectivity index (χ1n) is 8.60. The molecule has 0 saturated carbocycles. The number of benzene rings is 2. The summed E-state index contributed by atoms with van der Waals surface area (Å²) < 4.78 is 41.2. The van der Waals surface area contributed by atoms with Crippen molar-refractivity contribution in [2.24, 2.45) is 0 Å². The second-order valence-electron chi connectivity index (χ2n) is 6.33. The molecule has 0 atom stereocenters. The van der Waals surface area contributed by atoms with E-state index in [1.165, 1.54) is 28.2 Å². The lowest BCUT2D eigenvalue weighted by Gasteiger charge is -2.08. The van der Waals surface area contributed by atoms with Crippen LogP contribution in [-0.4, -0.2) is 20.9 Å². The van der Waals surface area contributed by atoms with Crippen molar-refractivity contribution >= 4 is 28.9 Å². The Hall–Kier alpha value is -3.10. The molecule has 0 amide bonds. The molecule has 4 nitrogen and oxygen atoms in total. The number of para-hydroxylation sites is 1. The SMILES string of the molecule is O=C(O)c1cccc(-c2ccc(-c3cc(C(F)(F)F)nn3-c3ccccc3Cl)s2)c1. The standard InChI is InChI=1S/C21H12ClF3N2O2S/c22-14-6-1-2-7-15(14)27-16(11-19(26-27)21(23,24)25)18-9-8-17(30-18)12-4-3-5-13(10-12)20(28)29/h1-11H,(H,28,29). The zero-order valence-electron chi connectivity index (χ0n) is 15.0. The highest BCUT2D eigenvalue weighted by atomic mass is 35.5. The Bertz CT molecular complexity index is 1250. The van der Waals surface area contributed by atoms with Crippen LogP contribution in [-0.2, 0) is 6.18 Å². The van der Waals surface area contributed by atoms with Crippen molar-refractivity contribution in [1.29, 1.82) is 0 Å². The third kappa shape index (κ3) is 3.83. The van der Waals surface area contributed by atoms with Crippen LogP contribution in [0, 0.1) is 0 Å². The molecular formula is C21H12ClF3N2O2S. The molecule has 2 aromatic heterocycles. The number of alkyl halides is 3. The number of hydrogen-bond donors (Lipinski definition) is 1. The van der Waals surface area contributed by atoms with Gasteiger partial charge in [-0.15, -0.1) is 11.3 Å². The van der Waals surface area contributed by atoms with Crippen molar-refractivity contribution in [3.63, 3.8) is 0 Å². The van der Waals surface area contributed by atoms with Gasteiger partial charge in [-0.05, 0) is 48.0 Å². The number of aromatic nitrogens is 2. The van der Waals surface area contributed by atoms with Gasteiger partial charge in [0.05, 0.1) is 26.8 Å². The van der Waals surface area contributed by atoms with Crippen molar-refractivity contribution in [2.75, 3.05) is 0 Å². The minimum absolute atomic E-state index is 0.128. The van der Waals surface area contributed by atoms with E-state index >= 15 is 0 Å². The first-order chi connectivity index (χ1) is 14.2. The van der Waals surface area contributed by atoms with Gasteiger partial charge in [0, 0.05) is 4.88 Å². The minimum Gasteiger partial charge on any atom is -0.478 e. The van der Waals surface area contributed by atoms with Crippen molar-refractivity contribution in [3.05, 3.63) is 83.0 Å². The molecule has 30 heavy (non-hydrogen) atoms. The monoisotopic (exact) mass is 448 g/mol. The highest BCUT2D eigenvalue weighted by Crippen LogP contribution is 2.39. The number of thiophene rings is 1. The lowest BCUT2D eigenvalue weighted by molar-refractivity contribution is -0.141. The Labute approximate surface area is 177 Å². The summed E-state index contributed by atoms with van der Waals surface area (Å²) in [5.41, 5.74) is 0.322. The van der Waals surface area contributed by atoms with Crippen molar-refractivity contribution in [3.8, 4) is 26.7 Å². The number of hydrogen-bond acceptors (Lipinski definition) is 3. The average Bonchev–Trinajstić information content (AvgIpc) is 3.35. The molecule has 0 spiro atoms. The normalized spacial score (nSPS) is 11.6. The van der Waals surface area contributed by atoms with E-state index in [4.69, 9.17) is 11.6 Å². The molecule has 4 rings (SSSR count). The molecule has 1 N–H and O–H groups in total. The number of carbonyl (C=O) groups is 1. The molecule has 9 heteroatoms. The van der Waals surface area contributed by atoms with Gasteiger partial charge in [-0.1, -0.05) is 35.9 Å². The second-order valence-corrected chi connectivity index (χ2v) is 7.82. The quantitative estimate of drug-likeness (QED) is 0.381. The number of carboxylic acid groups (broad SMARTS) is 1. The molecule has 0 aliphatic heterocycles. The minimum atomic E-state index is -4.61. The average molecular weight is 449 g/mol. The van der Waals surface area contributed by atoms with E-state index in [9.17, 15) is 23.1 Å². The van der Waals surface area contributed by atoms with Gasteiger partial charge in [0.1, 0.15) is 0 Å².